The van der Waals surface area contributed by atoms with Crippen LogP contribution in [0.15, 0.2) is 12.3 Å². The van der Waals surface area contributed by atoms with Gasteiger partial charge in [0.05, 0.1) is 0 Å². The minimum absolute atomic E-state index is 0. The van der Waals surface area contributed by atoms with Crippen molar-refractivity contribution in [2.24, 2.45) is 0 Å². The van der Waals surface area contributed by atoms with Crippen molar-refractivity contribution in [2.45, 2.75) is 26.2 Å². The van der Waals surface area contributed by atoms with E-state index in [1.165, 1.54) is 0 Å². The van der Waals surface area contributed by atoms with Gasteiger partial charge in [-0.2, -0.15) is 0 Å². The Kier molecular flexibility index (Phi) is 10.8. The Balaban J connectivity index is 0. The molecule has 10 heavy (non-hydrogen) atoms. The largest absolute Gasteiger partial charge is 1.00 e. The van der Waals surface area contributed by atoms with Gasteiger partial charge in [-0.15, -0.1) is 0 Å². The SMILES string of the molecule is C=C([O-])C#CCCCC.[Li+]. The first-order valence-electron chi connectivity index (χ1n) is 3.12. The van der Waals surface area contributed by atoms with Crippen LogP contribution in [0.4, 0.5) is 0 Å². The van der Waals surface area contributed by atoms with Crippen LogP contribution in [-0.4, -0.2) is 0 Å². The number of hydrogen-bond donors (Lipinski definition) is 0. The first-order valence-corrected chi connectivity index (χ1v) is 3.12. The Labute approximate surface area is 74.7 Å². The summed E-state index contributed by atoms with van der Waals surface area (Å²) in [4.78, 5) is 0. The molecule has 50 valence electrons. The molecule has 0 aliphatic carbocycles. The third kappa shape index (κ3) is 10.6. The van der Waals surface area contributed by atoms with Crippen molar-refractivity contribution in [1.82, 2.24) is 0 Å². The molecule has 0 fully saturated rings. The first kappa shape index (κ1) is 12.4. The fraction of sp³-hybridized carbons (Fsp3) is 0.500. The summed E-state index contributed by atoms with van der Waals surface area (Å²) in [5.74, 6) is 4.82. The Hall–Kier alpha value is -0.303. The fourth-order valence-electron chi connectivity index (χ4n) is 0.426. The molecular weight excluding hydrogens is 119 g/mol. The Bertz CT molecular complexity index is 141. The number of allylic oxidation sites excluding steroid dienone is 1. The van der Waals surface area contributed by atoms with Gasteiger partial charge in [0.2, 0.25) is 0 Å². The van der Waals surface area contributed by atoms with Crippen LogP contribution in [0.2, 0.25) is 0 Å². The number of unbranched alkanes of at least 4 members (excludes halogenated alkanes) is 2. The molecular formula is C8H11LiO. The van der Waals surface area contributed by atoms with Gasteiger partial charge in [0.25, 0.3) is 0 Å². The second kappa shape index (κ2) is 8.70. The van der Waals surface area contributed by atoms with E-state index < -0.39 is 0 Å². The summed E-state index contributed by atoms with van der Waals surface area (Å²) in [6.07, 6.45) is 3.01. The second-order valence-electron chi connectivity index (χ2n) is 1.83. The molecule has 0 aliphatic heterocycles. The molecule has 1 nitrogen and oxygen atoms in total. The van der Waals surface area contributed by atoms with E-state index in [1.807, 2.05) is 0 Å². The zero-order chi connectivity index (χ0) is 7.11. The summed E-state index contributed by atoms with van der Waals surface area (Å²) in [7, 11) is 0. The van der Waals surface area contributed by atoms with E-state index in [0.717, 1.165) is 19.3 Å². The van der Waals surface area contributed by atoms with E-state index in [4.69, 9.17) is 0 Å². The van der Waals surface area contributed by atoms with Crippen LogP contribution in [0.25, 0.3) is 0 Å². The van der Waals surface area contributed by atoms with Crippen LogP contribution >= 0.6 is 0 Å². The molecule has 0 saturated heterocycles. The minimum Gasteiger partial charge on any atom is -0.867 e. The molecule has 0 aromatic rings. The normalized spacial score (nSPS) is 6.90. The molecule has 0 aromatic carbocycles. The van der Waals surface area contributed by atoms with Gasteiger partial charge >= 0.3 is 18.9 Å². The topological polar surface area (TPSA) is 23.1 Å². The molecule has 0 amide bonds. The molecule has 2 heteroatoms. The molecule has 0 aromatic heterocycles. The van der Waals surface area contributed by atoms with E-state index in [1.54, 1.807) is 0 Å². The monoisotopic (exact) mass is 130 g/mol. The van der Waals surface area contributed by atoms with E-state index >= 15 is 0 Å². The van der Waals surface area contributed by atoms with Crippen molar-refractivity contribution in [1.29, 1.82) is 0 Å². The minimum atomic E-state index is -0.286. The van der Waals surface area contributed by atoms with Crippen LogP contribution in [0, 0.1) is 11.8 Å². The standard InChI is InChI=1S/C8H12O.Li/c1-3-4-5-6-7-8(2)9;/h9H,2-5H2,1H3;/q;+1/p-1. The van der Waals surface area contributed by atoms with Gasteiger partial charge in [0, 0.05) is 6.42 Å². The smallest absolute Gasteiger partial charge is 0.867 e. The Morgan fingerprint density at radius 3 is 2.60 bits per heavy atom. The maximum absolute atomic E-state index is 10.1. The van der Waals surface area contributed by atoms with Gasteiger partial charge < -0.3 is 5.11 Å². The average molecular weight is 130 g/mol. The van der Waals surface area contributed by atoms with Crippen molar-refractivity contribution in [3.05, 3.63) is 12.3 Å². The average Bonchev–Trinajstić information content (AvgIpc) is 1.80. The van der Waals surface area contributed by atoms with Crippen LogP contribution in [0.3, 0.4) is 0 Å². The molecule has 0 atom stereocenters. The molecule has 0 spiro atoms. The fourth-order valence-corrected chi connectivity index (χ4v) is 0.426. The summed E-state index contributed by atoms with van der Waals surface area (Å²) >= 11 is 0. The van der Waals surface area contributed by atoms with Crippen molar-refractivity contribution < 1.29 is 24.0 Å². The van der Waals surface area contributed by atoms with Crippen molar-refractivity contribution in [2.75, 3.05) is 0 Å². The van der Waals surface area contributed by atoms with Gasteiger partial charge in [0.1, 0.15) is 0 Å². The summed E-state index contributed by atoms with van der Waals surface area (Å²) < 4.78 is 0. The van der Waals surface area contributed by atoms with Crippen LogP contribution < -0.4 is 24.0 Å². The molecule has 0 saturated carbocycles. The van der Waals surface area contributed by atoms with Crippen LogP contribution in [0.5, 0.6) is 0 Å². The zero-order valence-corrected chi connectivity index (χ0v) is 6.74. The Morgan fingerprint density at radius 2 is 2.20 bits per heavy atom. The molecule has 0 rings (SSSR count). The van der Waals surface area contributed by atoms with Gasteiger partial charge in [-0.05, 0) is 6.42 Å². The third-order valence-electron chi connectivity index (χ3n) is 0.883. The van der Waals surface area contributed by atoms with Crippen LogP contribution in [0.1, 0.15) is 26.2 Å². The maximum Gasteiger partial charge on any atom is 1.00 e. The van der Waals surface area contributed by atoms with Crippen molar-refractivity contribution >= 4 is 0 Å². The van der Waals surface area contributed by atoms with E-state index in [9.17, 15) is 5.11 Å². The molecule has 0 bridgehead atoms. The number of hydrogen-bond acceptors (Lipinski definition) is 1. The van der Waals surface area contributed by atoms with Crippen molar-refractivity contribution in [3.63, 3.8) is 0 Å². The van der Waals surface area contributed by atoms with E-state index in [0.29, 0.717) is 0 Å². The van der Waals surface area contributed by atoms with Gasteiger partial charge in [-0.25, -0.2) is 0 Å². The molecule has 0 unspecified atom stereocenters. The summed E-state index contributed by atoms with van der Waals surface area (Å²) in [5, 5.41) is 10.1. The summed E-state index contributed by atoms with van der Waals surface area (Å²) in [6.45, 7) is 5.21. The Morgan fingerprint density at radius 1 is 1.60 bits per heavy atom. The van der Waals surface area contributed by atoms with Gasteiger partial charge in [0.15, 0.2) is 0 Å². The van der Waals surface area contributed by atoms with Crippen LogP contribution in [-0.2, 0) is 0 Å². The molecule has 0 heterocycles. The summed E-state index contributed by atoms with van der Waals surface area (Å²) in [5.41, 5.74) is 0. The first-order chi connectivity index (χ1) is 4.27. The molecule has 0 N–H and O–H groups in total. The quantitative estimate of drug-likeness (QED) is 0.184. The predicted molar refractivity (Wildman–Crippen MR) is 36.4 cm³/mol. The maximum atomic E-state index is 10.1. The van der Waals surface area contributed by atoms with Gasteiger partial charge in [-0.3, -0.25) is 0 Å². The van der Waals surface area contributed by atoms with Gasteiger partial charge in [-0.1, -0.05) is 37.5 Å². The number of rotatable bonds is 2. The molecule has 0 radical (unpaired) electrons. The zero-order valence-electron chi connectivity index (χ0n) is 6.74. The second-order valence-corrected chi connectivity index (χ2v) is 1.83. The van der Waals surface area contributed by atoms with E-state index in [2.05, 4.69) is 25.3 Å². The predicted octanol–water partition coefficient (Wildman–Crippen LogP) is -1.94. The third-order valence-corrected chi connectivity index (χ3v) is 0.883. The van der Waals surface area contributed by atoms with Crippen molar-refractivity contribution in [3.8, 4) is 11.8 Å². The molecule has 0 aliphatic rings. The van der Waals surface area contributed by atoms with E-state index in [-0.39, 0.29) is 24.6 Å². The summed E-state index contributed by atoms with van der Waals surface area (Å²) in [6, 6.07) is 0.